The maximum Gasteiger partial charge on any atom is 0.191 e. The van der Waals surface area contributed by atoms with Crippen LogP contribution in [0.3, 0.4) is 0 Å². The molecule has 0 atom stereocenters. The number of aliphatic imine (C=N–C) groups is 1. The van der Waals surface area contributed by atoms with Crippen molar-refractivity contribution in [3.63, 3.8) is 0 Å². The molecule has 1 aromatic rings. The van der Waals surface area contributed by atoms with Gasteiger partial charge in [0.2, 0.25) is 0 Å². The molecule has 0 radical (unpaired) electrons. The smallest absolute Gasteiger partial charge is 0.191 e. The molecule has 0 saturated carbocycles. The monoisotopic (exact) mass is 453 g/mol. The molecule has 1 aliphatic carbocycles. The summed E-state index contributed by atoms with van der Waals surface area (Å²) in [6, 6.07) is 5.31. The van der Waals surface area contributed by atoms with Crippen molar-refractivity contribution in [2.75, 3.05) is 7.05 Å². The number of guanidine groups is 1. The highest BCUT2D eigenvalue weighted by atomic mass is 127. The van der Waals surface area contributed by atoms with Crippen LogP contribution >= 0.6 is 39.9 Å². The standard InChI is InChI=1S/C14H17BrFN3.HI/c1-17-14(19-12-4-2-3-5-12)18-9-10-8-11(15)6-7-13(10)16;/h2-3,6-8,12H,4-5,9H2,1H3,(H2,17,18,19);1H. The van der Waals surface area contributed by atoms with Gasteiger partial charge in [0.25, 0.3) is 0 Å². The first-order valence-corrected chi connectivity index (χ1v) is 7.04. The molecule has 0 bridgehead atoms. The molecular formula is C14H18BrFIN3. The van der Waals surface area contributed by atoms with Gasteiger partial charge >= 0.3 is 0 Å². The molecule has 2 rings (SSSR count). The summed E-state index contributed by atoms with van der Waals surface area (Å²) in [7, 11) is 1.72. The SMILES string of the molecule is CN=C(NCc1cc(Br)ccc1F)NC1CC=CC1.I. The van der Waals surface area contributed by atoms with Gasteiger partial charge in [-0.05, 0) is 31.0 Å². The number of nitrogens with zero attached hydrogens (tertiary/aromatic N) is 1. The van der Waals surface area contributed by atoms with Crippen LogP contribution in [0.2, 0.25) is 0 Å². The minimum absolute atomic E-state index is 0. The lowest BCUT2D eigenvalue weighted by atomic mass is 10.2. The fraction of sp³-hybridized carbons (Fsp3) is 0.357. The number of nitrogens with one attached hydrogen (secondary N) is 2. The maximum atomic E-state index is 13.6. The van der Waals surface area contributed by atoms with Crippen molar-refractivity contribution >= 4 is 45.9 Å². The van der Waals surface area contributed by atoms with Crippen LogP contribution in [0.1, 0.15) is 18.4 Å². The zero-order chi connectivity index (χ0) is 13.7. The lowest BCUT2D eigenvalue weighted by Crippen LogP contribution is -2.42. The van der Waals surface area contributed by atoms with E-state index in [1.165, 1.54) is 6.07 Å². The summed E-state index contributed by atoms with van der Waals surface area (Å²) in [5, 5.41) is 6.44. The van der Waals surface area contributed by atoms with E-state index in [0.717, 1.165) is 17.3 Å². The van der Waals surface area contributed by atoms with E-state index < -0.39 is 0 Å². The highest BCUT2D eigenvalue weighted by molar-refractivity contribution is 14.0. The Balaban J connectivity index is 0.00000200. The van der Waals surface area contributed by atoms with Crippen molar-refractivity contribution in [1.82, 2.24) is 10.6 Å². The number of rotatable bonds is 3. The molecule has 110 valence electrons. The lowest BCUT2D eigenvalue weighted by molar-refractivity contribution is 0.598. The van der Waals surface area contributed by atoms with Crippen molar-refractivity contribution < 1.29 is 4.39 Å². The highest BCUT2D eigenvalue weighted by Crippen LogP contribution is 2.15. The first-order valence-electron chi connectivity index (χ1n) is 6.25. The van der Waals surface area contributed by atoms with Crippen molar-refractivity contribution in [2.24, 2.45) is 4.99 Å². The second-order valence-corrected chi connectivity index (χ2v) is 5.36. The Hall–Kier alpha value is -0.630. The molecule has 20 heavy (non-hydrogen) atoms. The molecule has 0 fully saturated rings. The van der Waals surface area contributed by atoms with E-state index >= 15 is 0 Å². The maximum absolute atomic E-state index is 13.6. The second-order valence-electron chi connectivity index (χ2n) is 4.45. The van der Waals surface area contributed by atoms with Crippen molar-refractivity contribution in [3.8, 4) is 0 Å². The third kappa shape index (κ3) is 5.05. The van der Waals surface area contributed by atoms with E-state index in [0.29, 0.717) is 24.1 Å². The van der Waals surface area contributed by atoms with Crippen LogP contribution in [0.15, 0.2) is 39.8 Å². The fourth-order valence-corrected chi connectivity index (χ4v) is 2.39. The van der Waals surface area contributed by atoms with Crippen LogP contribution in [-0.2, 0) is 6.54 Å². The number of benzene rings is 1. The van der Waals surface area contributed by atoms with Crippen LogP contribution in [0, 0.1) is 5.82 Å². The first-order chi connectivity index (χ1) is 9.19. The molecule has 1 aromatic carbocycles. The first kappa shape index (κ1) is 17.4. The van der Waals surface area contributed by atoms with E-state index in [-0.39, 0.29) is 29.8 Å². The third-order valence-corrected chi connectivity index (χ3v) is 3.52. The molecule has 0 spiro atoms. The molecule has 1 aliphatic rings. The van der Waals surface area contributed by atoms with Crippen LogP contribution < -0.4 is 10.6 Å². The van der Waals surface area contributed by atoms with Gasteiger partial charge in [-0.3, -0.25) is 4.99 Å². The predicted octanol–water partition coefficient (Wildman–Crippen LogP) is 3.59. The molecule has 6 heteroatoms. The van der Waals surface area contributed by atoms with Gasteiger partial charge in [0.15, 0.2) is 5.96 Å². The third-order valence-electron chi connectivity index (χ3n) is 3.03. The van der Waals surface area contributed by atoms with Gasteiger partial charge in [-0.15, -0.1) is 24.0 Å². The predicted molar refractivity (Wildman–Crippen MR) is 95.0 cm³/mol. The van der Waals surface area contributed by atoms with E-state index in [2.05, 4.69) is 43.7 Å². The van der Waals surface area contributed by atoms with Crippen LogP contribution in [-0.4, -0.2) is 19.0 Å². The highest BCUT2D eigenvalue weighted by Gasteiger charge is 2.12. The van der Waals surface area contributed by atoms with Gasteiger partial charge in [0.1, 0.15) is 5.82 Å². The second kappa shape index (κ2) is 8.61. The number of hydrogen-bond donors (Lipinski definition) is 2. The Kier molecular flexibility index (Phi) is 7.50. The molecule has 0 amide bonds. The molecule has 2 N–H and O–H groups in total. The van der Waals surface area contributed by atoms with Gasteiger partial charge in [0, 0.05) is 29.7 Å². The number of halogens is 3. The van der Waals surface area contributed by atoms with Gasteiger partial charge in [0.05, 0.1) is 0 Å². The summed E-state index contributed by atoms with van der Waals surface area (Å²) in [5.41, 5.74) is 0.613. The Labute approximate surface area is 144 Å². The summed E-state index contributed by atoms with van der Waals surface area (Å²) in [5.74, 6) is 0.488. The Morgan fingerprint density at radius 3 is 2.75 bits per heavy atom. The largest absolute Gasteiger partial charge is 0.353 e. The van der Waals surface area contributed by atoms with Gasteiger partial charge in [-0.1, -0.05) is 28.1 Å². The van der Waals surface area contributed by atoms with Crippen molar-refractivity contribution in [1.29, 1.82) is 0 Å². The number of hydrogen-bond acceptors (Lipinski definition) is 1. The molecule has 0 aromatic heterocycles. The van der Waals surface area contributed by atoms with Gasteiger partial charge in [-0.2, -0.15) is 0 Å². The molecule has 0 saturated heterocycles. The molecular weight excluding hydrogens is 436 g/mol. The Morgan fingerprint density at radius 1 is 1.40 bits per heavy atom. The summed E-state index contributed by atoms with van der Waals surface area (Å²) < 4.78 is 14.5. The fourth-order valence-electron chi connectivity index (χ4n) is 1.98. The van der Waals surface area contributed by atoms with Crippen LogP contribution in [0.5, 0.6) is 0 Å². The summed E-state index contributed by atoms with van der Waals surface area (Å²) in [6.07, 6.45) is 6.32. The minimum Gasteiger partial charge on any atom is -0.353 e. The van der Waals surface area contributed by atoms with E-state index in [4.69, 9.17) is 0 Å². The Morgan fingerprint density at radius 2 is 2.10 bits per heavy atom. The summed E-state index contributed by atoms with van der Waals surface area (Å²) in [4.78, 5) is 4.15. The lowest BCUT2D eigenvalue weighted by Gasteiger charge is -2.17. The summed E-state index contributed by atoms with van der Waals surface area (Å²) >= 11 is 3.34. The van der Waals surface area contributed by atoms with Crippen LogP contribution in [0.4, 0.5) is 4.39 Å². The quantitative estimate of drug-likeness (QED) is 0.317. The van der Waals surface area contributed by atoms with Gasteiger partial charge < -0.3 is 10.6 Å². The van der Waals surface area contributed by atoms with Crippen LogP contribution in [0.25, 0.3) is 0 Å². The topological polar surface area (TPSA) is 36.4 Å². The van der Waals surface area contributed by atoms with E-state index in [1.807, 2.05) is 0 Å². The average molecular weight is 454 g/mol. The molecule has 3 nitrogen and oxygen atoms in total. The van der Waals surface area contributed by atoms with E-state index in [9.17, 15) is 4.39 Å². The normalized spacial score (nSPS) is 15.1. The molecule has 0 aliphatic heterocycles. The zero-order valence-electron chi connectivity index (χ0n) is 11.2. The van der Waals surface area contributed by atoms with E-state index in [1.54, 1.807) is 19.2 Å². The zero-order valence-corrected chi connectivity index (χ0v) is 15.1. The summed E-state index contributed by atoms with van der Waals surface area (Å²) in [6.45, 7) is 0.408. The van der Waals surface area contributed by atoms with Crippen molar-refractivity contribution in [3.05, 3.63) is 46.2 Å². The van der Waals surface area contributed by atoms with Crippen molar-refractivity contribution in [2.45, 2.75) is 25.4 Å². The Bertz CT molecular complexity index is 497. The van der Waals surface area contributed by atoms with Gasteiger partial charge in [-0.25, -0.2) is 4.39 Å². The molecule has 0 heterocycles. The molecule has 0 unspecified atom stereocenters. The minimum atomic E-state index is -0.214. The average Bonchev–Trinajstić information content (AvgIpc) is 2.91.